The van der Waals surface area contributed by atoms with Gasteiger partial charge in [0.2, 0.25) is 11.0 Å². The molecule has 0 atom stereocenters. The van der Waals surface area contributed by atoms with E-state index >= 15 is 0 Å². The second kappa shape index (κ2) is 7.92. The van der Waals surface area contributed by atoms with Gasteiger partial charge in [-0.3, -0.25) is 9.59 Å². The number of nitrogens with zero attached hydrogens (tertiary/aromatic N) is 3. The van der Waals surface area contributed by atoms with E-state index < -0.39 is 0 Å². The number of fused-ring (bicyclic) bond motifs is 1. The molecule has 0 saturated carbocycles. The maximum atomic E-state index is 12.5. The highest BCUT2D eigenvalue weighted by atomic mass is 32.1. The van der Waals surface area contributed by atoms with Crippen molar-refractivity contribution in [3.63, 3.8) is 0 Å². The van der Waals surface area contributed by atoms with Crippen molar-refractivity contribution in [2.24, 2.45) is 0 Å². The molecule has 29 heavy (non-hydrogen) atoms. The molecule has 0 aliphatic rings. The van der Waals surface area contributed by atoms with Gasteiger partial charge in [-0.15, -0.1) is 10.2 Å². The summed E-state index contributed by atoms with van der Waals surface area (Å²) in [4.78, 5) is 24.3. The Bertz CT molecular complexity index is 1230. The molecule has 8 heteroatoms. The third-order valence-corrected chi connectivity index (χ3v) is 5.49. The average Bonchev–Trinajstić information content (AvgIpc) is 3.19. The standard InChI is InChI=1S/C21H19N5O2S/c1-12(2)13-7-9-14(10-8-13)20-25-26-21(29-20)22-18(27)11-17-15-5-3-4-6-16(15)19(28)24-23-17/h3-10,12H,11H2,1-2H3,(H,24,28)(H,22,26,27). The number of hydrogen-bond donors (Lipinski definition) is 2. The van der Waals surface area contributed by atoms with Crippen LogP contribution < -0.4 is 10.9 Å². The highest BCUT2D eigenvalue weighted by Crippen LogP contribution is 2.28. The number of anilines is 1. The maximum absolute atomic E-state index is 12.5. The number of carbonyl (C=O) groups excluding carboxylic acids is 1. The van der Waals surface area contributed by atoms with Crippen molar-refractivity contribution in [1.82, 2.24) is 20.4 Å². The summed E-state index contributed by atoms with van der Waals surface area (Å²) in [6.45, 7) is 4.29. The molecule has 2 N–H and O–H groups in total. The van der Waals surface area contributed by atoms with E-state index in [9.17, 15) is 9.59 Å². The van der Waals surface area contributed by atoms with Crippen LogP contribution >= 0.6 is 11.3 Å². The van der Waals surface area contributed by atoms with Crippen LogP contribution in [0.25, 0.3) is 21.3 Å². The van der Waals surface area contributed by atoms with Crippen molar-refractivity contribution < 1.29 is 4.79 Å². The number of H-pyrrole nitrogens is 1. The normalized spacial score (nSPS) is 11.1. The minimum absolute atomic E-state index is 0.0231. The predicted octanol–water partition coefficient (Wildman–Crippen LogP) is 3.75. The van der Waals surface area contributed by atoms with Crippen molar-refractivity contribution in [3.05, 3.63) is 70.1 Å². The van der Waals surface area contributed by atoms with Gasteiger partial charge in [0.15, 0.2) is 0 Å². The molecule has 0 radical (unpaired) electrons. The van der Waals surface area contributed by atoms with E-state index in [4.69, 9.17) is 0 Å². The summed E-state index contributed by atoms with van der Waals surface area (Å²) >= 11 is 1.31. The molecular formula is C21H19N5O2S. The Morgan fingerprint density at radius 2 is 1.79 bits per heavy atom. The Labute approximate surface area is 170 Å². The molecule has 0 fully saturated rings. The Morgan fingerprint density at radius 3 is 2.52 bits per heavy atom. The predicted molar refractivity (Wildman–Crippen MR) is 114 cm³/mol. The van der Waals surface area contributed by atoms with Crippen LogP contribution in [0.15, 0.2) is 53.3 Å². The molecular weight excluding hydrogens is 386 g/mol. The summed E-state index contributed by atoms with van der Waals surface area (Å²) in [5.41, 5.74) is 2.45. The quantitative estimate of drug-likeness (QED) is 0.527. The molecule has 7 nitrogen and oxygen atoms in total. The fourth-order valence-corrected chi connectivity index (χ4v) is 3.79. The summed E-state index contributed by atoms with van der Waals surface area (Å²) in [7, 11) is 0. The lowest BCUT2D eigenvalue weighted by atomic mass is 10.0. The van der Waals surface area contributed by atoms with Crippen LogP contribution in [0, 0.1) is 0 Å². The van der Waals surface area contributed by atoms with E-state index in [1.807, 2.05) is 18.2 Å². The molecule has 0 aliphatic carbocycles. The number of aromatic nitrogens is 4. The molecule has 0 spiro atoms. The first-order valence-electron chi connectivity index (χ1n) is 9.21. The van der Waals surface area contributed by atoms with Crippen molar-refractivity contribution >= 4 is 33.1 Å². The van der Waals surface area contributed by atoms with Gasteiger partial charge < -0.3 is 5.32 Å². The number of carbonyl (C=O) groups is 1. The van der Waals surface area contributed by atoms with Crippen LogP contribution in [0.3, 0.4) is 0 Å². The number of nitrogens with one attached hydrogen (secondary N) is 2. The number of aromatic amines is 1. The van der Waals surface area contributed by atoms with E-state index in [0.717, 1.165) is 10.6 Å². The van der Waals surface area contributed by atoms with Gasteiger partial charge in [-0.05, 0) is 17.5 Å². The van der Waals surface area contributed by atoms with E-state index in [1.165, 1.54) is 16.9 Å². The molecule has 0 bridgehead atoms. The van der Waals surface area contributed by atoms with Crippen LogP contribution in [-0.2, 0) is 11.2 Å². The van der Waals surface area contributed by atoms with Crippen LogP contribution in [0.1, 0.15) is 31.0 Å². The van der Waals surface area contributed by atoms with E-state index in [0.29, 0.717) is 27.5 Å². The summed E-state index contributed by atoms with van der Waals surface area (Å²) in [5, 5.41) is 19.8. The zero-order valence-corrected chi connectivity index (χ0v) is 16.8. The molecule has 146 valence electrons. The van der Waals surface area contributed by atoms with Crippen molar-refractivity contribution in [2.75, 3.05) is 5.32 Å². The first-order valence-corrected chi connectivity index (χ1v) is 10.0. The van der Waals surface area contributed by atoms with Crippen molar-refractivity contribution in [1.29, 1.82) is 0 Å². The molecule has 1 amide bonds. The van der Waals surface area contributed by atoms with E-state index in [-0.39, 0.29) is 17.9 Å². The minimum Gasteiger partial charge on any atom is -0.300 e. The van der Waals surface area contributed by atoms with Crippen LogP contribution in [0.5, 0.6) is 0 Å². The van der Waals surface area contributed by atoms with Crippen LogP contribution in [-0.4, -0.2) is 26.3 Å². The summed E-state index contributed by atoms with van der Waals surface area (Å²) < 4.78 is 0. The summed E-state index contributed by atoms with van der Waals surface area (Å²) in [6.07, 6.45) is 0.0231. The first kappa shape index (κ1) is 18.9. The topological polar surface area (TPSA) is 101 Å². The maximum Gasteiger partial charge on any atom is 0.272 e. The van der Waals surface area contributed by atoms with Gasteiger partial charge in [0.05, 0.1) is 17.5 Å². The Balaban J connectivity index is 1.49. The van der Waals surface area contributed by atoms with Crippen molar-refractivity contribution in [3.8, 4) is 10.6 Å². The van der Waals surface area contributed by atoms with Crippen LogP contribution in [0.2, 0.25) is 0 Å². The third-order valence-electron chi connectivity index (χ3n) is 4.60. The largest absolute Gasteiger partial charge is 0.300 e. The van der Waals surface area contributed by atoms with Gasteiger partial charge in [0, 0.05) is 10.9 Å². The highest BCUT2D eigenvalue weighted by molar-refractivity contribution is 7.18. The fourth-order valence-electron chi connectivity index (χ4n) is 3.02. The van der Waals surface area contributed by atoms with Gasteiger partial charge in [0.1, 0.15) is 5.01 Å². The smallest absolute Gasteiger partial charge is 0.272 e. The number of benzene rings is 2. The molecule has 0 saturated heterocycles. The monoisotopic (exact) mass is 405 g/mol. The lowest BCUT2D eigenvalue weighted by Crippen LogP contribution is -2.18. The Morgan fingerprint density at radius 1 is 1.07 bits per heavy atom. The Kier molecular flexibility index (Phi) is 5.18. The molecule has 2 aromatic heterocycles. The minimum atomic E-state index is -0.276. The van der Waals surface area contributed by atoms with Gasteiger partial charge in [-0.25, -0.2) is 5.10 Å². The number of hydrogen-bond acceptors (Lipinski definition) is 6. The Hall–Kier alpha value is -3.39. The molecule has 0 unspecified atom stereocenters. The summed E-state index contributed by atoms with van der Waals surface area (Å²) in [6, 6.07) is 15.3. The SMILES string of the molecule is CC(C)c1ccc(-c2nnc(NC(=O)Cc3n[nH]c(=O)c4ccccc34)s2)cc1. The summed E-state index contributed by atoms with van der Waals surface area (Å²) in [5.74, 6) is 0.193. The zero-order chi connectivity index (χ0) is 20.4. The fraction of sp³-hybridized carbons (Fsp3) is 0.190. The first-order chi connectivity index (χ1) is 14.0. The molecule has 4 aromatic rings. The number of rotatable bonds is 5. The van der Waals surface area contributed by atoms with Gasteiger partial charge in [-0.1, -0.05) is 67.6 Å². The molecule has 2 aromatic carbocycles. The zero-order valence-electron chi connectivity index (χ0n) is 16.0. The van der Waals surface area contributed by atoms with Gasteiger partial charge in [0.25, 0.3) is 5.56 Å². The lowest BCUT2D eigenvalue weighted by Gasteiger charge is -2.05. The second-order valence-corrected chi connectivity index (χ2v) is 7.94. The third kappa shape index (κ3) is 4.07. The van der Waals surface area contributed by atoms with E-state index in [2.05, 4.69) is 51.7 Å². The number of amides is 1. The molecule has 4 rings (SSSR count). The highest BCUT2D eigenvalue weighted by Gasteiger charge is 2.14. The lowest BCUT2D eigenvalue weighted by molar-refractivity contribution is -0.115. The average molecular weight is 405 g/mol. The van der Waals surface area contributed by atoms with Crippen LogP contribution in [0.4, 0.5) is 5.13 Å². The van der Waals surface area contributed by atoms with E-state index in [1.54, 1.807) is 18.2 Å². The van der Waals surface area contributed by atoms with Gasteiger partial charge >= 0.3 is 0 Å². The molecule has 0 aliphatic heterocycles. The van der Waals surface area contributed by atoms with Crippen molar-refractivity contribution in [2.45, 2.75) is 26.2 Å². The van der Waals surface area contributed by atoms with Gasteiger partial charge in [-0.2, -0.15) is 5.10 Å². The second-order valence-electron chi connectivity index (χ2n) is 6.96. The molecule has 2 heterocycles.